The third-order valence-electron chi connectivity index (χ3n) is 5.18. The van der Waals surface area contributed by atoms with Gasteiger partial charge in [-0.05, 0) is 58.4 Å². The summed E-state index contributed by atoms with van der Waals surface area (Å²) in [6, 6.07) is 11.4. The second-order valence-electron chi connectivity index (χ2n) is 8.69. The van der Waals surface area contributed by atoms with Gasteiger partial charge in [0.25, 0.3) is 5.56 Å². The Labute approximate surface area is 183 Å². The van der Waals surface area contributed by atoms with Crippen molar-refractivity contribution in [2.45, 2.75) is 39.4 Å². The van der Waals surface area contributed by atoms with Gasteiger partial charge in [-0.2, -0.15) is 4.40 Å². The number of hydrogen-bond acceptors (Lipinski definition) is 4. The molecule has 0 aliphatic carbocycles. The van der Waals surface area contributed by atoms with Gasteiger partial charge in [-0.25, -0.2) is 9.19 Å². The number of para-hydroxylation sites is 1. The molecule has 4 aromatic rings. The van der Waals surface area contributed by atoms with E-state index in [-0.39, 0.29) is 5.56 Å². The number of nitrogens with zero attached hydrogens (tertiary/aromatic N) is 3. The zero-order valence-corrected chi connectivity index (χ0v) is 19.3. The Hall–Kier alpha value is -3.06. The molecule has 1 atom stereocenters. The van der Waals surface area contributed by atoms with Gasteiger partial charge in [0, 0.05) is 18.0 Å². The minimum absolute atomic E-state index is 0.153. The van der Waals surface area contributed by atoms with Crippen molar-refractivity contribution in [1.82, 2.24) is 9.55 Å². The summed E-state index contributed by atoms with van der Waals surface area (Å²) < 4.78 is 23.8. The number of fused-ring (bicyclic) bond motifs is 2. The monoisotopic (exact) mass is 435 g/mol. The summed E-state index contributed by atoms with van der Waals surface area (Å²) >= 11 is 0. The second kappa shape index (κ2) is 7.57. The van der Waals surface area contributed by atoms with E-state index in [0.29, 0.717) is 28.0 Å². The van der Waals surface area contributed by atoms with Crippen molar-refractivity contribution in [3.63, 3.8) is 0 Å². The highest BCUT2D eigenvalue weighted by Gasteiger charge is 2.21. The highest BCUT2D eigenvalue weighted by molar-refractivity contribution is 7.85. The van der Waals surface area contributed by atoms with E-state index in [9.17, 15) is 9.00 Å². The third-order valence-corrected chi connectivity index (χ3v) is 6.67. The number of benzene rings is 2. The summed E-state index contributed by atoms with van der Waals surface area (Å²) in [5.41, 5.74) is 4.08. The SMILES string of the molecule is C/C(=N/[S@](=O)C(C)(C)C)c1cc(C)cc2c(=O)n(C)c(-c3coc4ccccc34)nc12. The third kappa shape index (κ3) is 3.74. The molecule has 0 N–H and O–H groups in total. The summed E-state index contributed by atoms with van der Waals surface area (Å²) in [6.07, 6.45) is 1.63. The maximum Gasteiger partial charge on any atom is 0.261 e. The van der Waals surface area contributed by atoms with Crippen LogP contribution >= 0.6 is 0 Å². The van der Waals surface area contributed by atoms with Gasteiger partial charge in [0.2, 0.25) is 0 Å². The molecule has 4 rings (SSSR count). The van der Waals surface area contributed by atoms with Crippen LogP contribution in [0.15, 0.2) is 56.3 Å². The number of aryl methyl sites for hydroxylation is 1. The van der Waals surface area contributed by atoms with Crippen LogP contribution in [-0.2, 0) is 18.0 Å². The lowest BCUT2D eigenvalue weighted by atomic mass is 10.0. The fourth-order valence-corrected chi connectivity index (χ4v) is 4.12. The maximum atomic E-state index is 13.3. The van der Waals surface area contributed by atoms with Gasteiger partial charge in [-0.15, -0.1) is 0 Å². The zero-order valence-electron chi connectivity index (χ0n) is 18.5. The number of furan rings is 1. The quantitative estimate of drug-likeness (QED) is 0.428. The molecule has 0 bridgehead atoms. The van der Waals surface area contributed by atoms with Crippen molar-refractivity contribution in [3.8, 4) is 11.4 Å². The smallest absolute Gasteiger partial charge is 0.261 e. The molecule has 0 unspecified atom stereocenters. The Morgan fingerprint density at radius 3 is 2.58 bits per heavy atom. The largest absolute Gasteiger partial charge is 0.464 e. The van der Waals surface area contributed by atoms with Crippen molar-refractivity contribution in [1.29, 1.82) is 0 Å². The van der Waals surface area contributed by atoms with Crippen LogP contribution in [0.25, 0.3) is 33.3 Å². The molecule has 0 fully saturated rings. The Kier molecular flexibility index (Phi) is 5.17. The average molecular weight is 436 g/mol. The highest BCUT2D eigenvalue weighted by atomic mass is 32.2. The van der Waals surface area contributed by atoms with Gasteiger partial charge in [-0.3, -0.25) is 9.36 Å². The van der Waals surface area contributed by atoms with E-state index < -0.39 is 15.7 Å². The van der Waals surface area contributed by atoms with E-state index in [2.05, 4.69) is 4.40 Å². The van der Waals surface area contributed by atoms with Gasteiger partial charge >= 0.3 is 0 Å². The average Bonchev–Trinajstić information content (AvgIpc) is 3.13. The van der Waals surface area contributed by atoms with Crippen LogP contribution in [0, 0.1) is 6.92 Å². The van der Waals surface area contributed by atoms with E-state index in [0.717, 1.165) is 22.1 Å². The molecular weight excluding hydrogens is 410 g/mol. The highest BCUT2D eigenvalue weighted by Crippen LogP contribution is 2.30. The van der Waals surface area contributed by atoms with Gasteiger partial charge in [-0.1, -0.05) is 18.2 Å². The lowest BCUT2D eigenvalue weighted by Crippen LogP contribution is -2.22. The van der Waals surface area contributed by atoms with E-state index >= 15 is 0 Å². The van der Waals surface area contributed by atoms with E-state index in [1.54, 1.807) is 17.9 Å². The van der Waals surface area contributed by atoms with Crippen molar-refractivity contribution in [2.24, 2.45) is 11.4 Å². The van der Waals surface area contributed by atoms with E-state index in [1.165, 1.54) is 0 Å². The van der Waals surface area contributed by atoms with Gasteiger partial charge < -0.3 is 4.42 Å². The summed E-state index contributed by atoms with van der Waals surface area (Å²) in [7, 11) is 0.293. The van der Waals surface area contributed by atoms with Crippen LogP contribution in [0.3, 0.4) is 0 Å². The minimum Gasteiger partial charge on any atom is -0.464 e. The van der Waals surface area contributed by atoms with Crippen LogP contribution in [0.5, 0.6) is 0 Å². The van der Waals surface area contributed by atoms with Gasteiger partial charge in [0.05, 0.1) is 26.9 Å². The predicted molar refractivity (Wildman–Crippen MR) is 127 cm³/mol. The molecule has 2 aromatic heterocycles. The Morgan fingerprint density at radius 1 is 1.16 bits per heavy atom. The first kappa shape index (κ1) is 21.2. The molecule has 7 heteroatoms. The molecular formula is C24H25N3O3S. The Morgan fingerprint density at radius 2 is 1.87 bits per heavy atom. The van der Waals surface area contributed by atoms with Gasteiger partial charge in [0.15, 0.2) is 0 Å². The lowest BCUT2D eigenvalue weighted by molar-refractivity contribution is 0.616. The summed E-state index contributed by atoms with van der Waals surface area (Å²) in [5.74, 6) is 0.511. The topological polar surface area (TPSA) is 77.5 Å². The van der Waals surface area contributed by atoms with Crippen molar-refractivity contribution in [3.05, 3.63) is 64.1 Å². The molecule has 0 saturated heterocycles. The Balaban J connectivity index is 2.03. The van der Waals surface area contributed by atoms with Crippen LogP contribution in [0.1, 0.15) is 38.8 Å². The molecule has 6 nitrogen and oxygen atoms in total. The standard InChI is InChI=1S/C24H25N3O3S/c1-14-11-17(15(2)26-31(29)24(3,4)5)21-18(12-14)23(28)27(6)22(25-21)19-13-30-20-10-8-7-9-16(19)20/h7-13H,1-6H3/b26-15-/t31-/m1/s1. The summed E-state index contributed by atoms with van der Waals surface area (Å²) in [5, 5.41) is 1.39. The molecule has 0 aliphatic rings. The first-order valence-electron chi connectivity index (χ1n) is 10.0. The van der Waals surface area contributed by atoms with Gasteiger partial charge in [0.1, 0.15) is 28.7 Å². The normalized spacial score (nSPS) is 13.8. The zero-order chi connectivity index (χ0) is 22.5. The second-order valence-corrected chi connectivity index (χ2v) is 10.6. The molecule has 0 aliphatic heterocycles. The van der Waals surface area contributed by atoms with Crippen molar-refractivity contribution in [2.75, 3.05) is 0 Å². The van der Waals surface area contributed by atoms with Crippen LogP contribution in [0.4, 0.5) is 0 Å². The predicted octanol–water partition coefficient (Wildman–Crippen LogP) is 4.93. The first-order chi connectivity index (χ1) is 14.6. The van der Waals surface area contributed by atoms with Crippen LogP contribution < -0.4 is 5.56 Å². The molecule has 0 spiro atoms. The van der Waals surface area contributed by atoms with Crippen LogP contribution in [0.2, 0.25) is 0 Å². The maximum absolute atomic E-state index is 13.3. The lowest BCUT2D eigenvalue weighted by Gasteiger charge is -2.15. The molecule has 160 valence electrons. The summed E-state index contributed by atoms with van der Waals surface area (Å²) in [6.45, 7) is 9.37. The van der Waals surface area contributed by atoms with Crippen molar-refractivity contribution < 1.29 is 8.63 Å². The molecule has 0 radical (unpaired) electrons. The molecule has 0 amide bonds. The number of aromatic nitrogens is 2. The van der Waals surface area contributed by atoms with Crippen molar-refractivity contribution >= 4 is 38.6 Å². The number of rotatable bonds is 3. The molecule has 0 saturated carbocycles. The Bertz CT molecular complexity index is 1440. The first-order valence-corrected chi connectivity index (χ1v) is 11.1. The minimum atomic E-state index is -1.42. The summed E-state index contributed by atoms with van der Waals surface area (Å²) in [4.78, 5) is 18.2. The van der Waals surface area contributed by atoms with Crippen LogP contribution in [-0.4, -0.2) is 24.2 Å². The number of hydrogen-bond donors (Lipinski definition) is 0. The van der Waals surface area contributed by atoms with E-state index in [4.69, 9.17) is 9.40 Å². The van der Waals surface area contributed by atoms with E-state index in [1.807, 2.05) is 71.0 Å². The molecule has 2 aromatic carbocycles. The fraction of sp³-hybridized carbons (Fsp3) is 0.292. The molecule has 31 heavy (non-hydrogen) atoms. The molecule has 2 heterocycles. The fourth-order valence-electron chi connectivity index (χ4n) is 3.50.